The van der Waals surface area contributed by atoms with Gasteiger partial charge in [0.2, 0.25) is 0 Å². The summed E-state index contributed by atoms with van der Waals surface area (Å²) >= 11 is 0. The summed E-state index contributed by atoms with van der Waals surface area (Å²) in [4.78, 5) is 2.26. The summed E-state index contributed by atoms with van der Waals surface area (Å²) in [7, 11) is 0. The molecule has 1 saturated heterocycles. The normalized spacial score (nSPS) is 29.2. The number of nitrogens with two attached hydrogens (primary N) is 1. The van der Waals surface area contributed by atoms with E-state index in [0.717, 1.165) is 6.54 Å². The fourth-order valence-electron chi connectivity index (χ4n) is 1.78. The number of hydrogen-bond acceptors (Lipinski definition) is 3. The molecule has 0 radical (unpaired) electrons. The molecule has 4 heteroatoms. The summed E-state index contributed by atoms with van der Waals surface area (Å²) in [5.41, 5.74) is 5.52. The van der Waals surface area contributed by atoms with Gasteiger partial charge in [0.25, 0.3) is 0 Å². The topological polar surface area (TPSA) is 61.8 Å². The van der Waals surface area contributed by atoms with Gasteiger partial charge in [0.1, 0.15) is 0 Å². The van der Waals surface area contributed by atoms with Gasteiger partial charge in [-0.2, -0.15) is 0 Å². The van der Waals surface area contributed by atoms with Crippen molar-refractivity contribution >= 4 is 5.84 Å². The molecular formula is C8H17N3O. The average molecular weight is 171 g/mol. The third-order valence-corrected chi connectivity index (χ3v) is 2.65. The molecule has 70 valence electrons. The van der Waals surface area contributed by atoms with Crippen LogP contribution in [0.2, 0.25) is 0 Å². The van der Waals surface area contributed by atoms with Gasteiger partial charge in [-0.05, 0) is 33.2 Å². The van der Waals surface area contributed by atoms with Crippen molar-refractivity contribution in [3.8, 4) is 0 Å². The number of nitrogens with zero attached hydrogens (tertiary/aromatic N) is 2. The van der Waals surface area contributed by atoms with E-state index in [1.165, 1.54) is 12.8 Å². The summed E-state index contributed by atoms with van der Waals surface area (Å²) in [6.07, 6.45) is 2.42. The molecule has 12 heavy (non-hydrogen) atoms. The van der Waals surface area contributed by atoms with Crippen molar-refractivity contribution in [2.75, 3.05) is 6.54 Å². The Kier molecular flexibility index (Phi) is 2.92. The Morgan fingerprint density at radius 2 is 2.42 bits per heavy atom. The zero-order valence-electron chi connectivity index (χ0n) is 7.70. The molecule has 1 fully saturated rings. The van der Waals surface area contributed by atoms with E-state index in [9.17, 15) is 0 Å². The zero-order valence-corrected chi connectivity index (χ0v) is 7.70. The van der Waals surface area contributed by atoms with E-state index in [2.05, 4.69) is 17.0 Å². The lowest BCUT2D eigenvalue weighted by molar-refractivity contribution is 0.238. The third kappa shape index (κ3) is 1.69. The van der Waals surface area contributed by atoms with Gasteiger partial charge in [-0.15, -0.1) is 0 Å². The molecule has 0 aromatic heterocycles. The first-order chi connectivity index (χ1) is 5.66. The van der Waals surface area contributed by atoms with Gasteiger partial charge in [-0.1, -0.05) is 5.16 Å². The van der Waals surface area contributed by atoms with Crippen LogP contribution in [-0.4, -0.2) is 34.6 Å². The largest absolute Gasteiger partial charge is 0.409 e. The zero-order chi connectivity index (χ0) is 9.14. The molecule has 0 aromatic rings. The highest BCUT2D eigenvalue weighted by Crippen LogP contribution is 2.19. The monoisotopic (exact) mass is 171 g/mol. The molecular weight excluding hydrogens is 154 g/mol. The Hall–Kier alpha value is -0.770. The van der Waals surface area contributed by atoms with Crippen molar-refractivity contribution in [2.45, 2.75) is 38.8 Å². The molecule has 0 aromatic carbocycles. The molecule has 1 aliphatic heterocycles. The first kappa shape index (κ1) is 9.32. The predicted octanol–water partition coefficient (Wildman–Crippen LogP) is 0.606. The van der Waals surface area contributed by atoms with E-state index in [-0.39, 0.29) is 6.04 Å². The predicted molar refractivity (Wildman–Crippen MR) is 48.3 cm³/mol. The molecule has 2 atom stereocenters. The first-order valence-electron chi connectivity index (χ1n) is 4.40. The van der Waals surface area contributed by atoms with Crippen LogP contribution >= 0.6 is 0 Å². The maximum atomic E-state index is 8.49. The van der Waals surface area contributed by atoms with Crippen molar-refractivity contribution in [3.05, 3.63) is 0 Å². The van der Waals surface area contributed by atoms with Crippen LogP contribution in [-0.2, 0) is 0 Å². The fourth-order valence-corrected chi connectivity index (χ4v) is 1.78. The lowest BCUT2D eigenvalue weighted by Gasteiger charge is -2.27. The highest BCUT2D eigenvalue weighted by molar-refractivity contribution is 5.84. The van der Waals surface area contributed by atoms with Crippen LogP contribution in [0.4, 0.5) is 0 Å². The second-order valence-electron chi connectivity index (χ2n) is 3.43. The molecule has 0 aliphatic carbocycles. The minimum absolute atomic E-state index is 0.0625. The van der Waals surface area contributed by atoms with Crippen LogP contribution in [0.25, 0.3) is 0 Å². The summed E-state index contributed by atoms with van der Waals surface area (Å²) in [6.45, 7) is 5.20. The van der Waals surface area contributed by atoms with Crippen LogP contribution in [0.15, 0.2) is 5.16 Å². The lowest BCUT2D eigenvalue weighted by atomic mass is 10.2. The van der Waals surface area contributed by atoms with Crippen molar-refractivity contribution < 1.29 is 5.21 Å². The van der Waals surface area contributed by atoms with E-state index in [0.29, 0.717) is 11.9 Å². The minimum Gasteiger partial charge on any atom is -0.409 e. The summed E-state index contributed by atoms with van der Waals surface area (Å²) in [6, 6.07) is 0.618. The molecule has 0 bridgehead atoms. The Bertz CT molecular complexity index is 181. The Balaban J connectivity index is 2.57. The summed E-state index contributed by atoms with van der Waals surface area (Å²) in [5.74, 6) is 0.309. The number of oxime groups is 1. The van der Waals surface area contributed by atoms with Crippen molar-refractivity contribution in [1.82, 2.24) is 4.90 Å². The maximum absolute atomic E-state index is 8.49. The number of rotatable bonds is 2. The van der Waals surface area contributed by atoms with Gasteiger partial charge >= 0.3 is 0 Å². The number of amidine groups is 1. The molecule has 0 spiro atoms. The van der Waals surface area contributed by atoms with E-state index >= 15 is 0 Å². The average Bonchev–Trinajstić information content (AvgIpc) is 2.48. The van der Waals surface area contributed by atoms with Gasteiger partial charge in [0.05, 0.1) is 6.04 Å². The van der Waals surface area contributed by atoms with E-state index < -0.39 is 0 Å². The molecule has 1 aliphatic rings. The Morgan fingerprint density at radius 3 is 2.83 bits per heavy atom. The lowest BCUT2D eigenvalue weighted by Crippen LogP contribution is -2.44. The van der Waals surface area contributed by atoms with E-state index in [1.807, 2.05) is 6.92 Å². The van der Waals surface area contributed by atoms with Gasteiger partial charge in [0.15, 0.2) is 5.84 Å². The molecule has 1 rings (SSSR count). The Morgan fingerprint density at radius 1 is 1.75 bits per heavy atom. The molecule has 0 amide bonds. The van der Waals surface area contributed by atoms with Crippen molar-refractivity contribution in [2.24, 2.45) is 10.9 Å². The highest BCUT2D eigenvalue weighted by Gasteiger charge is 2.26. The van der Waals surface area contributed by atoms with Crippen molar-refractivity contribution in [3.63, 3.8) is 0 Å². The quantitative estimate of drug-likeness (QED) is 0.277. The maximum Gasteiger partial charge on any atom is 0.156 e. The van der Waals surface area contributed by atoms with Crippen LogP contribution in [0.3, 0.4) is 0 Å². The second kappa shape index (κ2) is 3.76. The van der Waals surface area contributed by atoms with Crippen LogP contribution in [0.5, 0.6) is 0 Å². The molecule has 4 nitrogen and oxygen atoms in total. The van der Waals surface area contributed by atoms with E-state index in [4.69, 9.17) is 10.9 Å². The number of hydrogen-bond donors (Lipinski definition) is 2. The minimum atomic E-state index is 0.0625. The van der Waals surface area contributed by atoms with Crippen LogP contribution in [0, 0.1) is 0 Å². The summed E-state index contributed by atoms with van der Waals surface area (Å²) in [5, 5.41) is 11.5. The third-order valence-electron chi connectivity index (χ3n) is 2.65. The molecule has 2 unspecified atom stereocenters. The van der Waals surface area contributed by atoms with Crippen LogP contribution in [0.1, 0.15) is 26.7 Å². The molecule has 3 N–H and O–H groups in total. The van der Waals surface area contributed by atoms with E-state index in [1.54, 1.807) is 0 Å². The standard InChI is InChI=1S/C8H17N3O/c1-6-4-3-5-11(6)7(2)8(9)10-12/h6-7,12H,3-5H2,1-2H3,(H2,9,10). The number of likely N-dealkylation sites (tertiary alicyclic amines) is 1. The van der Waals surface area contributed by atoms with Gasteiger partial charge in [-0.3, -0.25) is 4.90 Å². The summed E-state index contributed by atoms with van der Waals surface area (Å²) < 4.78 is 0. The SMILES string of the molecule is CC1CCCN1C(C)C(N)=NO. The van der Waals surface area contributed by atoms with Gasteiger partial charge in [0, 0.05) is 6.04 Å². The highest BCUT2D eigenvalue weighted by atomic mass is 16.4. The fraction of sp³-hybridized carbons (Fsp3) is 0.875. The second-order valence-corrected chi connectivity index (χ2v) is 3.43. The first-order valence-corrected chi connectivity index (χ1v) is 4.40. The van der Waals surface area contributed by atoms with Crippen molar-refractivity contribution in [1.29, 1.82) is 0 Å². The molecule has 1 heterocycles. The smallest absolute Gasteiger partial charge is 0.156 e. The van der Waals surface area contributed by atoms with Gasteiger partial charge in [-0.25, -0.2) is 0 Å². The van der Waals surface area contributed by atoms with Gasteiger partial charge < -0.3 is 10.9 Å². The van der Waals surface area contributed by atoms with Crippen LogP contribution < -0.4 is 5.73 Å². The molecule has 0 saturated carbocycles. The Labute approximate surface area is 73.0 Å².